The predicted molar refractivity (Wildman–Crippen MR) is 40.6 cm³/mol. The minimum Gasteiger partial charge on any atom is -0.471 e. The molecule has 0 heterocycles. The molecule has 46 valence electrons. The Morgan fingerprint density at radius 3 is 1.14 bits per heavy atom. The first-order valence-corrected chi connectivity index (χ1v) is 3.79. The molecule has 0 N–H and O–H groups in total. The summed E-state index contributed by atoms with van der Waals surface area (Å²) in [6.45, 7) is 0. The lowest BCUT2D eigenvalue weighted by Gasteiger charge is -1.90. The van der Waals surface area contributed by atoms with Crippen LogP contribution < -0.4 is 0 Å². The third-order valence-electron chi connectivity index (χ3n) is 0. The summed E-state index contributed by atoms with van der Waals surface area (Å²) in [5, 5.41) is 0. The molecule has 4 heteroatoms. The normalized spacial score (nSPS) is 8.57. The van der Waals surface area contributed by atoms with Gasteiger partial charge in [0.2, 0.25) is 0 Å². The van der Waals surface area contributed by atoms with E-state index in [0.717, 1.165) is 21.0 Å². The number of rotatable bonds is 0. The fourth-order valence-corrected chi connectivity index (χ4v) is 0. The van der Waals surface area contributed by atoms with Gasteiger partial charge >= 0.3 is 0 Å². The topological polar surface area (TPSA) is 12.5 Å². The third-order valence-corrected chi connectivity index (χ3v) is 0. The Labute approximate surface area is 51.9 Å². The SMILES string of the molecule is CN(C)C.[SiH3]O[SiH3]. The molecule has 0 aromatic carbocycles. The van der Waals surface area contributed by atoms with Crippen molar-refractivity contribution in [1.29, 1.82) is 0 Å². The largest absolute Gasteiger partial charge is 0.471 e. The van der Waals surface area contributed by atoms with Crippen LogP contribution in [0.15, 0.2) is 0 Å². The van der Waals surface area contributed by atoms with Gasteiger partial charge in [0.05, 0.1) is 0 Å². The molecule has 0 aliphatic heterocycles. The maximum absolute atomic E-state index is 4.53. The van der Waals surface area contributed by atoms with Crippen LogP contribution in [0.4, 0.5) is 0 Å². The maximum Gasteiger partial charge on any atom is 0.129 e. The zero-order chi connectivity index (χ0) is 6.28. The average molecular weight is 137 g/mol. The van der Waals surface area contributed by atoms with Crippen molar-refractivity contribution in [1.82, 2.24) is 4.90 Å². The summed E-state index contributed by atoms with van der Waals surface area (Å²) < 4.78 is 4.53. The van der Waals surface area contributed by atoms with Gasteiger partial charge in [-0.25, -0.2) is 0 Å². The van der Waals surface area contributed by atoms with Crippen LogP contribution in [0.1, 0.15) is 0 Å². The number of hydrogen-bond acceptors (Lipinski definition) is 2. The van der Waals surface area contributed by atoms with Crippen LogP contribution in [0.2, 0.25) is 0 Å². The first-order valence-electron chi connectivity index (χ1n) is 2.16. The maximum atomic E-state index is 4.53. The summed E-state index contributed by atoms with van der Waals surface area (Å²) >= 11 is 0. The van der Waals surface area contributed by atoms with Crippen LogP contribution >= 0.6 is 0 Å². The van der Waals surface area contributed by atoms with Gasteiger partial charge in [0.25, 0.3) is 0 Å². The zero-order valence-corrected chi connectivity index (χ0v) is 9.86. The Morgan fingerprint density at radius 1 is 1.14 bits per heavy atom. The van der Waals surface area contributed by atoms with Crippen molar-refractivity contribution in [2.45, 2.75) is 0 Å². The van der Waals surface area contributed by atoms with Crippen LogP contribution in [0.25, 0.3) is 0 Å². The molecule has 0 amide bonds. The molecular formula is C3H15NOSi2. The van der Waals surface area contributed by atoms with E-state index in [1.807, 2.05) is 26.0 Å². The summed E-state index contributed by atoms with van der Waals surface area (Å²) in [7, 11) is 7.86. The van der Waals surface area contributed by atoms with E-state index in [9.17, 15) is 0 Å². The lowest BCUT2D eigenvalue weighted by molar-refractivity contribution is 0.505. The Balaban J connectivity index is 0. The van der Waals surface area contributed by atoms with Crippen molar-refractivity contribution in [2.24, 2.45) is 0 Å². The zero-order valence-electron chi connectivity index (χ0n) is 5.86. The summed E-state index contributed by atoms with van der Waals surface area (Å²) in [4.78, 5) is 2.00. The Hall–Kier alpha value is 0.354. The molecule has 0 fully saturated rings. The number of hydrogen-bond donors (Lipinski definition) is 0. The first-order chi connectivity index (χ1) is 3.15. The van der Waals surface area contributed by atoms with Gasteiger partial charge in [-0.1, -0.05) is 0 Å². The van der Waals surface area contributed by atoms with Gasteiger partial charge in [-0.3, -0.25) is 0 Å². The van der Waals surface area contributed by atoms with Crippen LogP contribution in [0, 0.1) is 0 Å². The molecule has 0 aliphatic rings. The highest BCUT2D eigenvalue weighted by molar-refractivity contribution is 6.15. The van der Waals surface area contributed by atoms with Crippen molar-refractivity contribution in [3.05, 3.63) is 0 Å². The monoisotopic (exact) mass is 137 g/mol. The van der Waals surface area contributed by atoms with E-state index in [1.54, 1.807) is 0 Å². The van der Waals surface area contributed by atoms with Gasteiger partial charge in [-0.05, 0) is 21.1 Å². The summed E-state index contributed by atoms with van der Waals surface area (Å²) in [6.07, 6.45) is 0. The van der Waals surface area contributed by atoms with Crippen molar-refractivity contribution in [3.8, 4) is 0 Å². The fraction of sp³-hybridized carbons (Fsp3) is 1.00. The van der Waals surface area contributed by atoms with E-state index < -0.39 is 0 Å². The molecule has 2 nitrogen and oxygen atoms in total. The molecule has 0 saturated heterocycles. The van der Waals surface area contributed by atoms with Crippen LogP contribution in [-0.2, 0) is 4.12 Å². The Bertz CT molecular complexity index is 24.1. The van der Waals surface area contributed by atoms with E-state index in [4.69, 9.17) is 0 Å². The van der Waals surface area contributed by atoms with E-state index in [-0.39, 0.29) is 0 Å². The molecule has 0 saturated carbocycles. The van der Waals surface area contributed by atoms with Gasteiger partial charge in [0.1, 0.15) is 21.0 Å². The summed E-state index contributed by atoms with van der Waals surface area (Å²) in [5.74, 6) is 0. The minimum atomic E-state index is 0.931. The Morgan fingerprint density at radius 2 is 1.14 bits per heavy atom. The van der Waals surface area contributed by atoms with E-state index in [1.165, 1.54) is 0 Å². The van der Waals surface area contributed by atoms with Gasteiger partial charge in [-0.2, -0.15) is 0 Å². The van der Waals surface area contributed by atoms with Crippen LogP contribution in [0.3, 0.4) is 0 Å². The van der Waals surface area contributed by atoms with Gasteiger partial charge < -0.3 is 9.02 Å². The van der Waals surface area contributed by atoms with E-state index in [0.29, 0.717) is 0 Å². The molecule has 0 aliphatic carbocycles. The van der Waals surface area contributed by atoms with Gasteiger partial charge in [0.15, 0.2) is 0 Å². The number of nitrogens with zero attached hydrogens (tertiary/aromatic N) is 1. The molecular weight excluding hydrogens is 122 g/mol. The molecule has 0 bridgehead atoms. The third kappa shape index (κ3) is 962. The Kier molecular flexibility index (Phi) is 14.2. The molecule has 0 atom stereocenters. The van der Waals surface area contributed by atoms with Gasteiger partial charge in [-0.15, -0.1) is 0 Å². The van der Waals surface area contributed by atoms with E-state index in [2.05, 4.69) is 4.12 Å². The van der Waals surface area contributed by atoms with E-state index >= 15 is 0 Å². The lowest BCUT2D eigenvalue weighted by atomic mass is 11.0. The van der Waals surface area contributed by atoms with Crippen molar-refractivity contribution in [2.75, 3.05) is 21.1 Å². The average Bonchev–Trinajstić information content (AvgIpc) is 1.33. The van der Waals surface area contributed by atoms with Crippen LogP contribution in [0.5, 0.6) is 0 Å². The highest BCUT2D eigenvalue weighted by atomic mass is 28.3. The second-order valence-corrected chi connectivity index (χ2v) is 5.02. The predicted octanol–water partition coefficient (Wildman–Crippen LogP) is -2.26. The standard InChI is InChI=1S/C3H9N.H6OSi2/c1-4(2)3;2-1-3/h1-3H3;2-3H3. The molecule has 0 unspecified atom stereocenters. The summed E-state index contributed by atoms with van der Waals surface area (Å²) in [5.41, 5.74) is 0. The molecule has 0 aromatic heterocycles. The molecule has 0 spiro atoms. The molecule has 7 heavy (non-hydrogen) atoms. The quantitative estimate of drug-likeness (QED) is 0.350. The second-order valence-electron chi connectivity index (χ2n) is 1.75. The van der Waals surface area contributed by atoms with Crippen molar-refractivity contribution < 1.29 is 4.12 Å². The lowest BCUT2D eigenvalue weighted by Crippen LogP contribution is -1.99. The van der Waals surface area contributed by atoms with Crippen molar-refractivity contribution >= 4 is 21.0 Å². The molecule has 0 aromatic rings. The second kappa shape index (κ2) is 9.61. The smallest absolute Gasteiger partial charge is 0.129 e. The highest BCUT2D eigenvalue weighted by Gasteiger charge is 1.58. The summed E-state index contributed by atoms with van der Waals surface area (Å²) in [6, 6.07) is 0. The highest BCUT2D eigenvalue weighted by Crippen LogP contribution is 1.47. The molecule has 0 rings (SSSR count). The van der Waals surface area contributed by atoms with Gasteiger partial charge in [0, 0.05) is 0 Å². The molecule has 0 radical (unpaired) electrons. The fourth-order valence-electron chi connectivity index (χ4n) is 0. The van der Waals surface area contributed by atoms with Crippen LogP contribution in [-0.4, -0.2) is 47.0 Å². The van der Waals surface area contributed by atoms with Crippen molar-refractivity contribution in [3.63, 3.8) is 0 Å². The first kappa shape index (κ1) is 10.4. The minimum absolute atomic E-state index is 0.931.